The lowest BCUT2D eigenvalue weighted by Crippen LogP contribution is -2.46. The summed E-state index contributed by atoms with van der Waals surface area (Å²) >= 11 is 0. The number of carbonyl (C=O) groups excluding carboxylic acids is 3. The molecule has 1 heterocycles. The molecule has 1 aromatic carbocycles. The van der Waals surface area contributed by atoms with Gasteiger partial charge in [0.15, 0.2) is 0 Å². The lowest BCUT2D eigenvalue weighted by Gasteiger charge is -2.31. The van der Waals surface area contributed by atoms with Gasteiger partial charge in [0.05, 0.1) is 19.4 Å². The van der Waals surface area contributed by atoms with Crippen molar-refractivity contribution in [1.82, 2.24) is 4.90 Å². The standard InChI is InChI=1S/C19H24N2O4/c1-20-16-6-4-3-5-15(16)11-17(22)21(19(20)24)12-13-7-9-14(10-8-13)18(23)25-2/h3-6,13-14H,7-12H2,1-2H3/t13-,14-. The van der Waals surface area contributed by atoms with Crippen LogP contribution in [0.1, 0.15) is 31.2 Å². The Kier molecular flexibility index (Phi) is 5.06. The lowest BCUT2D eigenvalue weighted by atomic mass is 9.82. The van der Waals surface area contributed by atoms with Gasteiger partial charge in [0.2, 0.25) is 5.91 Å². The quantitative estimate of drug-likeness (QED) is 0.791. The number of carbonyl (C=O) groups is 3. The Morgan fingerprint density at radius 1 is 1.16 bits per heavy atom. The summed E-state index contributed by atoms with van der Waals surface area (Å²) in [4.78, 5) is 40.0. The fourth-order valence-corrected chi connectivity index (χ4v) is 3.82. The third-order valence-electron chi connectivity index (χ3n) is 5.34. The van der Waals surface area contributed by atoms with Gasteiger partial charge in [0, 0.05) is 19.3 Å². The maximum absolute atomic E-state index is 12.8. The summed E-state index contributed by atoms with van der Waals surface area (Å²) in [6, 6.07) is 7.24. The van der Waals surface area contributed by atoms with Gasteiger partial charge in [0.25, 0.3) is 0 Å². The highest BCUT2D eigenvalue weighted by atomic mass is 16.5. The summed E-state index contributed by atoms with van der Waals surface area (Å²) in [5.41, 5.74) is 1.66. The molecule has 6 nitrogen and oxygen atoms in total. The molecule has 0 saturated heterocycles. The Labute approximate surface area is 147 Å². The summed E-state index contributed by atoms with van der Waals surface area (Å²) in [5.74, 6) is -0.125. The summed E-state index contributed by atoms with van der Waals surface area (Å²) in [6.45, 7) is 0.421. The van der Waals surface area contributed by atoms with Crippen molar-refractivity contribution >= 4 is 23.6 Å². The highest BCUT2D eigenvalue weighted by Gasteiger charge is 2.34. The molecular formula is C19H24N2O4. The SMILES string of the molecule is COC(=O)[C@H]1CC[C@H](CN2C(=O)Cc3ccccc3N(C)C2=O)CC1. The van der Waals surface area contributed by atoms with Crippen LogP contribution in [0.5, 0.6) is 0 Å². The van der Waals surface area contributed by atoms with Gasteiger partial charge in [-0.25, -0.2) is 4.79 Å². The van der Waals surface area contributed by atoms with Crippen LogP contribution in [0.3, 0.4) is 0 Å². The number of benzene rings is 1. The number of methoxy groups -OCH3 is 1. The molecule has 134 valence electrons. The van der Waals surface area contributed by atoms with Crippen molar-refractivity contribution in [3.63, 3.8) is 0 Å². The number of urea groups is 1. The first-order chi connectivity index (χ1) is 12.0. The average molecular weight is 344 g/mol. The summed E-state index contributed by atoms with van der Waals surface area (Å²) < 4.78 is 4.81. The number of ether oxygens (including phenoxy) is 1. The van der Waals surface area contributed by atoms with Gasteiger partial charge < -0.3 is 4.74 Å². The Bertz CT molecular complexity index is 680. The first kappa shape index (κ1) is 17.5. The van der Waals surface area contributed by atoms with Gasteiger partial charge >= 0.3 is 12.0 Å². The zero-order valence-corrected chi connectivity index (χ0v) is 14.7. The molecule has 0 radical (unpaired) electrons. The molecule has 0 unspecified atom stereocenters. The number of esters is 1. The molecule has 0 spiro atoms. The summed E-state index contributed by atoms with van der Waals surface area (Å²) in [6.07, 6.45) is 3.40. The number of amides is 3. The van der Waals surface area contributed by atoms with Crippen LogP contribution in [-0.4, -0.2) is 43.5 Å². The number of anilines is 1. The van der Waals surface area contributed by atoms with E-state index in [0.29, 0.717) is 6.54 Å². The number of para-hydroxylation sites is 1. The number of imide groups is 1. The lowest BCUT2D eigenvalue weighted by molar-refractivity contribution is -0.147. The third kappa shape index (κ3) is 3.52. The molecule has 1 fully saturated rings. The second kappa shape index (κ2) is 7.25. The Morgan fingerprint density at radius 3 is 2.52 bits per heavy atom. The molecule has 25 heavy (non-hydrogen) atoms. The highest BCUT2D eigenvalue weighted by Crippen LogP contribution is 2.32. The zero-order valence-electron chi connectivity index (χ0n) is 14.7. The molecule has 0 bridgehead atoms. The van der Waals surface area contributed by atoms with E-state index in [1.807, 2.05) is 24.3 Å². The average Bonchev–Trinajstić information content (AvgIpc) is 2.72. The molecule has 1 saturated carbocycles. The van der Waals surface area contributed by atoms with E-state index in [-0.39, 0.29) is 36.2 Å². The molecule has 3 amide bonds. The number of hydrogen-bond acceptors (Lipinski definition) is 4. The van der Waals surface area contributed by atoms with Crippen molar-refractivity contribution in [3.05, 3.63) is 29.8 Å². The van der Waals surface area contributed by atoms with Crippen LogP contribution in [0.25, 0.3) is 0 Å². The molecule has 3 rings (SSSR count). The normalized spacial score (nSPS) is 23.9. The van der Waals surface area contributed by atoms with Gasteiger partial charge in [-0.1, -0.05) is 18.2 Å². The Hall–Kier alpha value is -2.37. The summed E-state index contributed by atoms with van der Waals surface area (Å²) in [5, 5.41) is 0. The molecule has 1 aromatic rings. The Balaban J connectivity index is 1.68. The Morgan fingerprint density at radius 2 is 1.84 bits per heavy atom. The second-order valence-corrected chi connectivity index (χ2v) is 6.89. The van der Waals surface area contributed by atoms with Crippen molar-refractivity contribution < 1.29 is 19.1 Å². The number of hydrogen-bond donors (Lipinski definition) is 0. The highest BCUT2D eigenvalue weighted by molar-refractivity contribution is 6.06. The van der Waals surface area contributed by atoms with Crippen LogP contribution >= 0.6 is 0 Å². The van der Waals surface area contributed by atoms with Crippen molar-refractivity contribution in [2.24, 2.45) is 11.8 Å². The minimum Gasteiger partial charge on any atom is -0.469 e. The predicted octanol–water partition coefficient (Wildman–Crippen LogP) is 2.61. The van der Waals surface area contributed by atoms with E-state index >= 15 is 0 Å². The smallest absolute Gasteiger partial charge is 0.330 e. The number of rotatable bonds is 3. The first-order valence-electron chi connectivity index (χ1n) is 8.75. The second-order valence-electron chi connectivity index (χ2n) is 6.89. The first-order valence-corrected chi connectivity index (χ1v) is 8.75. The fourth-order valence-electron chi connectivity index (χ4n) is 3.82. The third-order valence-corrected chi connectivity index (χ3v) is 5.34. The van der Waals surface area contributed by atoms with Gasteiger partial charge in [-0.15, -0.1) is 0 Å². The van der Waals surface area contributed by atoms with E-state index in [1.165, 1.54) is 12.0 Å². The minimum atomic E-state index is -0.273. The van der Waals surface area contributed by atoms with Crippen molar-refractivity contribution in [1.29, 1.82) is 0 Å². The van der Waals surface area contributed by atoms with E-state index in [4.69, 9.17) is 4.74 Å². The molecule has 1 aliphatic carbocycles. The van der Waals surface area contributed by atoms with Crippen LogP contribution in [0.4, 0.5) is 10.5 Å². The largest absolute Gasteiger partial charge is 0.469 e. The van der Waals surface area contributed by atoms with Gasteiger partial charge in [-0.3, -0.25) is 19.4 Å². The maximum atomic E-state index is 12.8. The maximum Gasteiger partial charge on any atom is 0.330 e. The fraction of sp³-hybridized carbons (Fsp3) is 0.526. The zero-order chi connectivity index (χ0) is 18.0. The topological polar surface area (TPSA) is 66.9 Å². The molecule has 6 heteroatoms. The molecule has 0 atom stereocenters. The van der Waals surface area contributed by atoms with Crippen molar-refractivity contribution in [2.75, 3.05) is 25.6 Å². The van der Waals surface area contributed by atoms with E-state index in [0.717, 1.165) is 36.9 Å². The van der Waals surface area contributed by atoms with Crippen molar-refractivity contribution in [3.8, 4) is 0 Å². The molecule has 2 aliphatic rings. The van der Waals surface area contributed by atoms with Crippen LogP contribution in [-0.2, 0) is 20.7 Å². The van der Waals surface area contributed by atoms with Crippen LogP contribution in [0.2, 0.25) is 0 Å². The van der Waals surface area contributed by atoms with Crippen LogP contribution in [0.15, 0.2) is 24.3 Å². The van der Waals surface area contributed by atoms with Gasteiger partial charge in [-0.2, -0.15) is 0 Å². The van der Waals surface area contributed by atoms with Crippen LogP contribution in [0, 0.1) is 11.8 Å². The molecule has 1 aliphatic heterocycles. The van der Waals surface area contributed by atoms with Gasteiger partial charge in [0.1, 0.15) is 0 Å². The predicted molar refractivity (Wildman–Crippen MR) is 93.1 cm³/mol. The number of nitrogens with zero attached hydrogens (tertiary/aromatic N) is 2. The minimum absolute atomic E-state index is 0.0521. The van der Waals surface area contributed by atoms with Gasteiger partial charge in [-0.05, 0) is 43.2 Å². The van der Waals surface area contributed by atoms with E-state index in [9.17, 15) is 14.4 Å². The molecule has 0 aromatic heterocycles. The van der Waals surface area contributed by atoms with Crippen LogP contribution < -0.4 is 4.90 Å². The van der Waals surface area contributed by atoms with E-state index < -0.39 is 0 Å². The molecule has 0 N–H and O–H groups in total. The number of fused-ring (bicyclic) bond motifs is 1. The summed E-state index contributed by atoms with van der Waals surface area (Å²) in [7, 11) is 3.12. The molecular weight excluding hydrogens is 320 g/mol. The van der Waals surface area contributed by atoms with Crippen molar-refractivity contribution in [2.45, 2.75) is 32.1 Å². The monoisotopic (exact) mass is 344 g/mol. The van der Waals surface area contributed by atoms with E-state index in [2.05, 4.69) is 0 Å². The van der Waals surface area contributed by atoms with E-state index in [1.54, 1.807) is 11.9 Å².